The van der Waals surface area contributed by atoms with Gasteiger partial charge in [-0.05, 0) is 33.3 Å². The van der Waals surface area contributed by atoms with Crippen molar-refractivity contribution in [3.63, 3.8) is 0 Å². The van der Waals surface area contributed by atoms with Crippen LogP contribution in [0.1, 0.15) is 37.9 Å². The summed E-state index contributed by atoms with van der Waals surface area (Å²) in [4.78, 5) is 11.7. The van der Waals surface area contributed by atoms with Gasteiger partial charge in [0, 0.05) is 19.6 Å². The third kappa shape index (κ3) is 3.84. The fourth-order valence-electron chi connectivity index (χ4n) is 1.80. The molecule has 0 bridgehead atoms. The number of hydrogen-bond acceptors (Lipinski definition) is 2. The summed E-state index contributed by atoms with van der Waals surface area (Å²) in [7, 11) is 1.67. The topological polar surface area (TPSA) is 41.1 Å². The maximum atomic E-state index is 11.7. The molecule has 0 aromatic heterocycles. The standard InChI is InChI=1S/C15H24N2O/c1-11-6-8-13(9-7-11)12(2)17-10-15(3,4)14(18)16-5/h6-9,12,17H,10H2,1-5H3,(H,16,18). The van der Waals surface area contributed by atoms with Crippen LogP contribution in [0.5, 0.6) is 0 Å². The lowest BCUT2D eigenvalue weighted by Crippen LogP contribution is -2.42. The Kier molecular flexibility index (Phi) is 4.91. The van der Waals surface area contributed by atoms with Gasteiger partial charge < -0.3 is 10.6 Å². The quantitative estimate of drug-likeness (QED) is 0.840. The average molecular weight is 248 g/mol. The molecule has 1 aromatic rings. The van der Waals surface area contributed by atoms with Gasteiger partial charge >= 0.3 is 0 Å². The fourth-order valence-corrected chi connectivity index (χ4v) is 1.80. The number of benzene rings is 1. The van der Waals surface area contributed by atoms with Crippen molar-refractivity contribution in [1.82, 2.24) is 10.6 Å². The zero-order valence-corrected chi connectivity index (χ0v) is 12.0. The van der Waals surface area contributed by atoms with E-state index in [1.165, 1.54) is 11.1 Å². The van der Waals surface area contributed by atoms with Gasteiger partial charge in [0.05, 0.1) is 5.41 Å². The highest BCUT2D eigenvalue weighted by atomic mass is 16.2. The number of carbonyl (C=O) groups excluding carboxylic acids is 1. The highest BCUT2D eigenvalue weighted by molar-refractivity contribution is 5.81. The summed E-state index contributed by atoms with van der Waals surface area (Å²) in [6.07, 6.45) is 0. The predicted octanol–water partition coefficient (Wildman–Crippen LogP) is 2.42. The summed E-state index contributed by atoms with van der Waals surface area (Å²) in [6.45, 7) is 8.74. The van der Waals surface area contributed by atoms with Crippen LogP contribution in [0.2, 0.25) is 0 Å². The molecule has 100 valence electrons. The van der Waals surface area contributed by atoms with Crippen molar-refractivity contribution in [1.29, 1.82) is 0 Å². The van der Waals surface area contributed by atoms with Gasteiger partial charge in [-0.1, -0.05) is 29.8 Å². The van der Waals surface area contributed by atoms with Crippen LogP contribution in [0.25, 0.3) is 0 Å². The second-order valence-corrected chi connectivity index (χ2v) is 5.48. The lowest BCUT2D eigenvalue weighted by atomic mass is 9.91. The first-order valence-corrected chi connectivity index (χ1v) is 6.39. The first-order chi connectivity index (χ1) is 8.36. The first-order valence-electron chi connectivity index (χ1n) is 6.39. The van der Waals surface area contributed by atoms with Crippen LogP contribution in [0, 0.1) is 12.3 Å². The van der Waals surface area contributed by atoms with Gasteiger partial charge in [0.25, 0.3) is 0 Å². The second kappa shape index (κ2) is 6.01. The minimum absolute atomic E-state index is 0.0612. The second-order valence-electron chi connectivity index (χ2n) is 5.48. The molecular formula is C15H24N2O. The molecule has 3 heteroatoms. The van der Waals surface area contributed by atoms with Crippen LogP contribution in [0.3, 0.4) is 0 Å². The van der Waals surface area contributed by atoms with Crippen LogP contribution >= 0.6 is 0 Å². The number of hydrogen-bond donors (Lipinski definition) is 2. The zero-order chi connectivity index (χ0) is 13.8. The summed E-state index contributed by atoms with van der Waals surface area (Å²) in [6, 6.07) is 8.71. The van der Waals surface area contributed by atoms with Gasteiger partial charge in [-0.2, -0.15) is 0 Å². The molecule has 0 aliphatic carbocycles. The molecule has 18 heavy (non-hydrogen) atoms. The summed E-state index contributed by atoms with van der Waals surface area (Å²) in [5.41, 5.74) is 2.11. The monoisotopic (exact) mass is 248 g/mol. The smallest absolute Gasteiger partial charge is 0.226 e. The Morgan fingerprint density at radius 3 is 2.33 bits per heavy atom. The lowest BCUT2D eigenvalue weighted by Gasteiger charge is -2.25. The molecule has 1 amide bonds. The maximum Gasteiger partial charge on any atom is 0.226 e. The van der Waals surface area contributed by atoms with E-state index < -0.39 is 5.41 Å². The van der Waals surface area contributed by atoms with E-state index in [1.807, 2.05) is 13.8 Å². The lowest BCUT2D eigenvalue weighted by molar-refractivity contribution is -0.128. The molecule has 0 aliphatic heterocycles. The van der Waals surface area contributed by atoms with E-state index >= 15 is 0 Å². The van der Waals surface area contributed by atoms with Crippen LogP contribution in [-0.4, -0.2) is 19.5 Å². The van der Waals surface area contributed by atoms with Crippen molar-refractivity contribution in [3.05, 3.63) is 35.4 Å². The molecule has 0 saturated carbocycles. The number of rotatable bonds is 5. The third-order valence-electron chi connectivity index (χ3n) is 3.27. The molecule has 1 atom stereocenters. The van der Waals surface area contributed by atoms with E-state index in [1.54, 1.807) is 7.05 Å². The molecule has 0 heterocycles. The largest absolute Gasteiger partial charge is 0.359 e. The molecule has 0 aliphatic rings. The molecule has 0 radical (unpaired) electrons. The Hall–Kier alpha value is -1.35. The normalized spacial score (nSPS) is 13.2. The average Bonchev–Trinajstić information content (AvgIpc) is 2.35. The Balaban J connectivity index is 2.58. The summed E-state index contributed by atoms with van der Waals surface area (Å²) in [5.74, 6) is 0.0612. The maximum absolute atomic E-state index is 11.7. The van der Waals surface area contributed by atoms with Gasteiger partial charge in [-0.15, -0.1) is 0 Å². The first kappa shape index (κ1) is 14.7. The highest BCUT2D eigenvalue weighted by Crippen LogP contribution is 2.18. The van der Waals surface area contributed by atoms with Gasteiger partial charge in [-0.25, -0.2) is 0 Å². The van der Waals surface area contributed by atoms with Gasteiger partial charge in [0.1, 0.15) is 0 Å². The summed E-state index contributed by atoms with van der Waals surface area (Å²) >= 11 is 0. The Morgan fingerprint density at radius 2 is 1.83 bits per heavy atom. The number of aryl methyl sites for hydroxylation is 1. The molecular weight excluding hydrogens is 224 g/mol. The zero-order valence-electron chi connectivity index (χ0n) is 12.0. The van der Waals surface area contributed by atoms with Gasteiger partial charge in [0.2, 0.25) is 5.91 Å². The fraction of sp³-hybridized carbons (Fsp3) is 0.533. The minimum Gasteiger partial charge on any atom is -0.359 e. The Labute approximate surface area is 110 Å². The Bertz CT molecular complexity index is 395. The van der Waals surface area contributed by atoms with Gasteiger partial charge in [0.15, 0.2) is 0 Å². The Morgan fingerprint density at radius 1 is 1.28 bits per heavy atom. The molecule has 1 unspecified atom stereocenters. The summed E-state index contributed by atoms with van der Waals surface area (Å²) < 4.78 is 0. The highest BCUT2D eigenvalue weighted by Gasteiger charge is 2.26. The van der Waals surface area contributed by atoms with Crippen LogP contribution in [0.15, 0.2) is 24.3 Å². The SMILES string of the molecule is CNC(=O)C(C)(C)CNC(C)c1ccc(C)cc1. The van der Waals surface area contributed by atoms with Crippen molar-refractivity contribution in [2.75, 3.05) is 13.6 Å². The molecule has 0 spiro atoms. The van der Waals surface area contributed by atoms with Crippen molar-refractivity contribution in [2.45, 2.75) is 33.7 Å². The van der Waals surface area contributed by atoms with Crippen molar-refractivity contribution >= 4 is 5.91 Å². The molecule has 1 aromatic carbocycles. The van der Waals surface area contributed by atoms with Crippen LogP contribution in [0.4, 0.5) is 0 Å². The number of amides is 1. The van der Waals surface area contributed by atoms with Crippen molar-refractivity contribution in [2.24, 2.45) is 5.41 Å². The molecule has 0 fully saturated rings. The number of carbonyl (C=O) groups is 1. The molecule has 2 N–H and O–H groups in total. The van der Waals surface area contributed by atoms with Crippen LogP contribution in [-0.2, 0) is 4.79 Å². The van der Waals surface area contributed by atoms with E-state index in [0.29, 0.717) is 6.54 Å². The van der Waals surface area contributed by atoms with E-state index in [-0.39, 0.29) is 11.9 Å². The van der Waals surface area contributed by atoms with Crippen molar-refractivity contribution in [3.8, 4) is 0 Å². The van der Waals surface area contributed by atoms with E-state index in [2.05, 4.69) is 48.7 Å². The van der Waals surface area contributed by atoms with Crippen LogP contribution < -0.4 is 10.6 Å². The molecule has 0 saturated heterocycles. The predicted molar refractivity (Wildman–Crippen MR) is 75.4 cm³/mol. The minimum atomic E-state index is -0.395. The third-order valence-corrected chi connectivity index (χ3v) is 3.27. The molecule has 3 nitrogen and oxygen atoms in total. The van der Waals surface area contributed by atoms with E-state index in [9.17, 15) is 4.79 Å². The van der Waals surface area contributed by atoms with Gasteiger partial charge in [-0.3, -0.25) is 4.79 Å². The number of nitrogens with one attached hydrogen (secondary N) is 2. The summed E-state index contributed by atoms with van der Waals surface area (Å²) in [5, 5.41) is 6.11. The van der Waals surface area contributed by atoms with E-state index in [0.717, 1.165) is 0 Å². The van der Waals surface area contributed by atoms with E-state index in [4.69, 9.17) is 0 Å². The molecule has 1 rings (SSSR count). The van der Waals surface area contributed by atoms with Crippen molar-refractivity contribution < 1.29 is 4.79 Å².